The van der Waals surface area contributed by atoms with Gasteiger partial charge in [0, 0.05) is 0 Å². The average molecular weight is 120 g/mol. The maximum atomic E-state index is 4.19. The molecule has 1 aliphatic carbocycles. The van der Waals surface area contributed by atoms with Gasteiger partial charge < -0.3 is 0 Å². The Morgan fingerprint density at radius 3 is 1.83 bits per heavy atom. The van der Waals surface area contributed by atoms with Crippen molar-refractivity contribution in [2.24, 2.45) is 5.92 Å². The fraction of sp³-hybridized carbons (Fsp3) is 1.00. The van der Waals surface area contributed by atoms with Crippen LogP contribution in [0, 0.1) is 5.92 Å². The molecule has 1 fully saturated rings. The minimum Gasteiger partial charge on any atom is -0.162 e. The van der Waals surface area contributed by atoms with Crippen LogP contribution in [0.5, 0.6) is 0 Å². The van der Waals surface area contributed by atoms with Gasteiger partial charge in [-0.15, -0.1) is 0 Å². The molecule has 0 bridgehead atoms. The minimum atomic E-state index is 0.0972. The summed E-state index contributed by atoms with van der Waals surface area (Å²) in [7, 11) is 0. The summed E-state index contributed by atoms with van der Waals surface area (Å²) in [6.45, 7) is 2.15. The van der Waals surface area contributed by atoms with Gasteiger partial charge in [0.05, 0.1) is 4.08 Å². The van der Waals surface area contributed by atoms with Crippen molar-refractivity contribution in [3.63, 3.8) is 0 Å². The Hall–Kier alpha value is 0.700. The van der Waals surface area contributed by atoms with Crippen LogP contribution in [0.25, 0.3) is 0 Å². The molecule has 0 aliphatic heterocycles. The van der Waals surface area contributed by atoms with E-state index in [4.69, 9.17) is 0 Å². The summed E-state index contributed by atoms with van der Waals surface area (Å²) in [6, 6.07) is 0. The second-order valence-corrected chi connectivity index (χ2v) is 3.93. The highest BCUT2D eigenvalue weighted by Gasteiger charge is 2.44. The summed E-state index contributed by atoms with van der Waals surface area (Å²) < 4.78 is 0.0972. The summed E-state index contributed by atoms with van der Waals surface area (Å²) >= 11 is 8.39. The molecule has 0 radical (unpaired) electrons. The molecule has 0 saturated heterocycles. The first-order chi connectivity index (χ1) is 2.63. The first kappa shape index (κ1) is 4.85. The number of hydrogen-bond donors (Lipinski definition) is 2. The molecule has 0 aromatic heterocycles. The lowest BCUT2D eigenvalue weighted by molar-refractivity contribution is 0.975. The zero-order chi connectivity index (χ0) is 4.78. The first-order valence-electron chi connectivity index (χ1n) is 2.08. The van der Waals surface area contributed by atoms with Gasteiger partial charge in [-0.25, -0.2) is 0 Å². The van der Waals surface area contributed by atoms with Crippen molar-refractivity contribution in [3.05, 3.63) is 0 Å². The highest BCUT2D eigenvalue weighted by Crippen LogP contribution is 2.51. The predicted octanol–water partition coefficient (Wildman–Crippen LogP) is 1.58. The zero-order valence-electron chi connectivity index (χ0n) is 3.68. The van der Waals surface area contributed by atoms with E-state index in [0.717, 1.165) is 5.92 Å². The Balaban J connectivity index is 2.41. The van der Waals surface area contributed by atoms with Crippen LogP contribution in [0.1, 0.15) is 13.3 Å². The van der Waals surface area contributed by atoms with E-state index in [1.165, 1.54) is 6.42 Å². The summed E-state index contributed by atoms with van der Waals surface area (Å²) in [5, 5.41) is 0. The third-order valence-corrected chi connectivity index (χ3v) is 2.48. The Morgan fingerprint density at radius 1 is 1.67 bits per heavy atom. The third-order valence-electron chi connectivity index (χ3n) is 1.24. The topological polar surface area (TPSA) is 0 Å². The number of hydrogen-bond acceptors (Lipinski definition) is 2. The molecule has 0 aromatic carbocycles. The van der Waals surface area contributed by atoms with Crippen LogP contribution in [-0.4, -0.2) is 4.08 Å². The van der Waals surface area contributed by atoms with E-state index in [1.54, 1.807) is 0 Å². The van der Waals surface area contributed by atoms with E-state index in [-0.39, 0.29) is 4.08 Å². The van der Waals surface area contributed by atoms with Crippen LogP contribution in [-0.2, 0) is 0 Å². The van der Waals surface area contributed by atoms with Crippen LogP contribution in [0.4, 0.5) is 0 Å². The monoisotopic (exact) mass is 120 g/mol. The molecule has 0 aromatic rings. The molecular formula is C4H8S2. The van der Waals surface area contributed by atoms with Crippen LogP contribution in [0.15, 0.2) is 0 Å². The van der Waals surface area contributed by atoms with E-state index in [9.17, 15) is 0 Å². The molecule has 0 nitrogen and oxygen atoms in total. The van der Waals surface area contributed by atoms with Crippen molar-refractivity contribution in [3.8, 4) is 0 Å². The largest absolute Gasteiger partial charge is 0.162 e. The molecule has 0 spiro atoms. The second kappa shape index (κ2) is 1.10. The molecule has 0 heterocycles. The van der Waals surface area contributed by atoms with Gasteiger partial charge >= 0.3 is 0 Å². The molecule has 0 amide bonds. The van der Waals surface area contributed by atoms with Crippen molar-refractivity contribution in [1.82, 2.24) is 0 Å². The van der Waals surface area contributed by atoms with Gasteiger partial charge in [0.25, 0.3) is 0 Å². The van der Waals surface area contributed by atoms with E-state index < -0.39 is 0 Å². The Bertz CT molecular complexity index is 67.9. The van der Waals surface area contributed by atoms with Crippen LogP contribution < -0.4 is 0 Å². The van der Waals surface area contributed by atoms with Gasteiger partial charge in [0.1, 0.15) is 0 Å². The van der Waals surface area contributed by atoms with Crippen LogP contribution in [0.3, 0.4) is 0 Å². The fourth-order valence-corrected chi connectivity index (χ4v) is 0.939. The van der Waals surface area contributed by atoms with Crippen molar-refractivity contribution in [2.75, 3.05) is 0 Å². The number of thiol groups is 2. The van der Waals surface area contributed by atoms with E-state index in [0.29, 0.717) is 0 Å². The second-order valence-electron chi connectivity index (χ2n) is 1.98. The van der Waals surface area contributed by atoms with Crippen LogP contribution >= 0.6 is 25.3 Å². The Morgan fingerprint density at radius 2 is 1.83 bits per heavy atom. The van der Waals surface area contributed by atoms with E-state index >= 15 is 0 Å². The quantitative estimate of drug-likeness (QED) is 0.352. The van der Waals surface area contributed by atoms with Crippen molar-refractivity contribution < 1.29 is 0 Å². The van der Waals surface area contributed by atoms with Crippen LogP contribution in [0.2, 0.25) is 0 Å². The van der Waals surface area contributed by atoms with Gasteiger partial charge in [-0.2, -0.15) is 25.3 Å². The average Bonchev–Trinajstić information content (AvgIpc) is 1.73. The molecule has 1 saturated carbocycles. The van der Waals surface area contributed by atoms with Gasteiger partial charge in [-0.1, -0.05) is 6.92 Å². The highest BCUT2D eigenvalue weighted by molar-refractivity contribution is 8.01. The molecule has 0 N–H and O–H groups in total. The molecule has 1 aliphatic rings. The van der Waals surface area contributed by atoms with Gasteiger partial charge in [0.15, 0.2) is 0 Å². The summed E-state index contributed by atoms with van der Waals surface area (Å²) in [5.74, 6) is 0.726. The summed E-state index contributed by atoms with van der Waals surface area (Å²) in [5.41, 5.74) is 0. The lowest BCUT2D eigenvalue weighted by atomic mass is 10.5. The molecule has 36 valence electrons. The fourth-order valence-electron chi connectivity index (χ4n) is 0.392. The smallest absolute Gasteiger partial charge is 0.0581 e. The molecule has 2 heteroatoms. The van der Waals surface area contributed by atoms with Crippen molar-refractivity contribution in [2.45, 2.75) is 17.4 Å². The standard InChI is InChI=1S/C4H8S2/c1-3-2-4(3,5)6/h3,5-6H,2H2,1H3. The summed E-state index contributed by atoms with van der Waals surface area (Å²) in [4.78, 5) is 0. The van der Waals surface area contributed by atoms with E-state index in [1.807, 2.05) is 0 Å². The molecule has 1 unspecified atom stereocenters. The third kappa shape index (κ3) is 0.684. The SMILES string of the molecule is CC1CC1(S)S. The number of rotatable bonds is 0. The van der Waals surface area contributed by atoms with Gasteiger partial charge in [-0.3, -0.25) is 0 Å². The Kier molecular flexibility index (Phi) is 0.889. The molecular weight excluding hydrogens is 112 g/mol. The minimum absolute atomic E-state index is 0.0972. The molecule has 6 heavy (non-hydrogen) atoms. The van der Waals surface area contributed by atoms with Gasteiger partial charge in [-0.05, 0) is 12.3 Å². The Labute approximate surface area is 49.1 Å². The summed E-state index contributed by atoms with van der Waals surface area (Å²) in [6.07, 6.45) is 1.17. The molecule has 1 atom stereocenters. The predicted molar refractivity (Wildman–Crippen MR) is 34.5 cm³/mol. The molecule has 1 rings (SSSR count). The lowest BCUT2D eigenvalue weighted by Gasteiger charge is -1.90. The van der Waals surface area contributed by atoms with Crippen molar-refractivity contribution in [1.29, 1.82) is 0 Å². The highest BCUT2D eigenvalue weighted by atomic mass is 32.2. The van der Waals surface area contributed by atoms with Crippen molar-refractivity contribution >= 4 is 25.3 Å². The maximum absolute atomic E-state index is 4.19. The lowest BCUT2D eigenvalue weighted by Crippen LogP contribution is -1.82. The zero-order valence-corrected chi connectivity index (χ0v) is 5.47. The maximum Gasteiger partial charge on any atom is 0.0581 e. The van der Waals surface area contributed by atoms with E-state index in [2.05, 4.69) is 32.2 Å². The first-order valence-corrected chi connectivity index (χ1v) is 2.97. The van der Waals surface area contributed by atoms with Gasteiger partial charge in [0.2, 0.25) is 0 Å². The normalized spacial score (nSPS) is 39.5.